The van der Waals surface area contributed by atoms with Crippen molar-refractivity contribution in [2.75, 3.05) is 6.61 Å². The quantitative estimate of drug-likeness (QED) is 0.795. The Morgan fingerprint density at radius 1 is 1.30 bits per heavy atom. The third-order valence-electron chi connectivity index (χ3n) is 2.81. The van der Waals surface area contributed by atoms with Crippen LogP contribution in [0.3, 0.4) is 0 Å². The summed E-state index contributed by atoms with van der Waals surface area (Å²) in [5.74, 6) is 0.400. The van der Waals surface area contributed by atoms with E-state index in [4.69, 9.17) is 21.6 Å². The van der Waals surface area contributed by atoms with Crippen molar-refractivity contribution in [1.29, 1.82) is 5.26 Å². The minimum atomic E-state index is -0.264. The Balaban J connectivity index is 2.35. The zero-order chi connectivity index (χ0) is 14.4. The van der Waals surface area contributed by atoms with Gasteiger partial charge in [-0.3, -0.25) is 4.79 Å². The van der Waals surface area contributed by atoms with E-state index in [2.05, 4.69) is 0 Å². The number of halogens is 1. The summed E-state index contributed by atoms with van der Waals surface area (Å²) >= 11 is 5.87. The smallest absolute Gasteiger partial charge is 0.223 e. The molecule has 0 aliphatic rings. The molecule has 1 aromatic carbocycles. The molecule has 2 rings (SSSR count). The van der Waals surface area contributed by atoms with Gasteiger partial charge >= 0.3 is 0 Å². The molecule has 1 aromatic heterocycles. The van der Waals surface area contributed by atoms with Gasteiger partial charge in [-0.05, 0) is 5.56 Å². The molecule has 0 saturated carbocycles. The van der Waals surface area contributed by atoms with E-state index in [9.17, 15) is 4.79 Å². The number of ether oxygens (including phenoxy) is 1. The molecule has 2 aromatic rings. The maximum atomic E-state index is 11.8. The molecule has 0 spiro atoms. The second-order valence-corrected chi connectivity index (χ2v) is 4.45. The van der Waals surface area contributed by atoms with E-state index in [0.29, 0.717) is 12.2 Å². The van der Waals surface area contributed by atoms with Gasteiger partial charge in [0.1, 0.15) is 6.07 Å². The maximum absolute atomic E-state index is 11.8. The predicted molar refractivity (Wildman–Crippen MR) is 76.9 cm³/mol. The molecule has 0 amide bonds. The van der Waals surface area contributed by atoms with Crippen LogP contribution >= 0.6 is 11.6 Å². The zero-order valence-corrected chi connectivity index (χ0v) is 11.5. The van der Waals surface area contributed by atoms with E-state index in [0.717, 1.165) is 5.56 Å². The average Bonchev–Trinajstić information content (AvgIpc) is 2.48. The van der Waals surface area contributed by atoms with Crippen LogP contribution in [0.1, 0.15) is 11.3 Å². The van der Waals surface area contributed by atoms with E-state index < -0.39 is 0 Å². The maximum Gasteiger partial charge on any atom is 0.223 e. The van der Waals surface area contributed by atoms with Crippen LogP contribution in [0.25, 0.3) is 0 Å². The molecule has 0 aliphatic carbocycles. The number of hydrogen-bond donors (Lipinski definition) is 0. The van der Waals surface area contributed by atoms with Gasteiger partial charge in [0, 0.05) is 18.3 Å². The standard InChI is InChI=1S/C15H13ClN2O2/c16-9-13-8-14(19)15(20-7-6-17)11-18(13)10-12-4-2-1-3-5-12/h1-5,8,11H,7,9-10H2. The number of nitrogens with zero attached hydrogens (tertiary/aromatic N) is 2. The highest BCUT2D eigenvalue weighted by Crippen LogP contribution is 2.12. The zero-order valence-electron chi connectivity index (χ0n) is 10.8. The molecule has 1 heterocycles. The lowest BCUT2D eigenvalue weighted by Crippen LogP contribution is -2.15. The number of benzene rings is 1. The SMILES string of the molecule is N#CCOc1cn(Cc2ccccc2)c(CCl)cc1=O. The van der Waals surface area contributed by atoms with Gasteiger partial charge in [-0.2, -0.15) is 5.26 Å². The Morgan fingerprint density at radius 2 is 2.05 bits per heavy atom. The fourth-order valence-electron chi connectivity index (χ4n) is 1.85. The van der Waals surface area contributed by atoms with Gasteiger partial charge in [0.2, 0.25) is 5.43 Å². The van der Waals surface area contributed by atoms with Gasteiger partial charge in [-0.1, -0.05) is 30.3 Å². The highest BCUT2D eigenvalue weighted by atomic mass is 35.5. The summed E-state index contributed by atoms with van der Waals surface area (Å²) in [5, 5.41) is 8.52. The second-order valence-electron chi connectivity index (χ2n) is 4.19. The highest BCUT2D eigenvalue weighted by molar-refractivity contribution is 6.16. The first-order valence-electron chi connectivity index (χ1n) is 6.07. The summed E-state index contributed by atoms with van der Waals surface area (Å²) in [4.78, 5) is 11.8. The van der Waals surface area contributed by atoms with Crippen LogP contribution in [0.15, 0.2) is 47.4 Å². The van der Waals surface area contributed by atoms with Crippen LogP contribution in [0.5, 0.6) is 5.75 Å². The van der Waals surface area contributed by atoms with Crippen LogP contribution in [-0.4, -0.2) is 11.2 Å². The predicted octanol–water partition coefficient (Wildman–Crippen LogP) is 2.54. The molecule has 0 saturated heterocycles. The van der Waals surface area contributed by atoms with E-state index in [1.54, 1.807) is 6.20 Å². The van der Waals surface area contributed by atoms with E-state index >= 15 is 0 Å². The first-order valence-corrected chi connectivity index (χ1v) is 6.61. The molecule has 4 nitrogen and oxygen atoms in total. The fourth-order valence-corrected chi connectivity index (χ4v) is 2.09. The van der Waals surface area contributed by atoms with Crippen molar-refractivity contribution >= 4 is 11.6 Å². The molecule has 0 N–H and O–H groups in total. The van der Waals surface area contributed by atoms with Crippen LogP contribution < -0.4 is 10.2 Å². The van der Waals surface area contributed by atoms with E-state index in [-0.39, 0.29) is 23.7 Å². The molecule has 5 heteroatoms. The van der Waals surface area contributed by atoms with E-state index in [1.165, 1.54) is 6.07 Å². The van der Waals surface area contributed by atoms with Gasteiger partial charge in [-0.15, -0.1) is 11.6 Å². The lowest BCUT2D eigenvalue weighted by molar-refractivity contribution is 0.360. The number of pyridine rings is 1. The largest absolute Gasteiger partial charge is 0.473 e. The third kappa shape index (κ3) is 3.40. The molecule has 0 radical (unpaired) electrons. The third-order valence-corrected chi connectivity index (χ3v) is 3.08. The van der Waals surface area contributed by atoms with Crippen LogP contribution in [0.2, 0.25) is 0 Å². The molecule has 102 valence electrons. The molecular weight excluding hydrogens is 276 g/mol. The van der Waals surface area contributed by atoms with Crippen molar-refractivity contribution in [1.82, 2.24) is 4.57 Å². The summed E-state index contributed by atoms with van der Waals surface area (Å²) in [6.45, 7) is 0.437. The van der Waals surface area contributed by atoms with Crippen LogP contribution in [0, 0.1) is 11.3 Å². The molecule has 0 unspecified atom stereocenters. The van der Waals surface area contributed by atoms with Crippen molar-refractivity contribution in [3.63, 3.8) is 0 Å². The van der Waals surface area contributed by atoms with Crippen LogP contribution in [0.4, 0.5) is 0 Å². The monoisotopic (exact) mass is 288 g/mol. The Morgan fingerprint density at radius 3 is 2.70 bits per heavy atom. The molecule has 0 aliphatic heterocycles. The van der Waals surface area contributed by atoms with Gasteiger partial charge in [-0.25, -0.2) is 0 Å². The Bertz CT molecular complexity index is 675. The number of alkyl halides is 1. The Kier molecular flexibility index (Phi) is 4.80. The number of nitriles is 1. The highest BCUT2D eigenvalue weighted by Gasteiger charge is 2.07. The topological polar surface area (TPSA) is 55.0 Å². The summed E-state index contributed by atoms with van der Waals surface area (Å²) in [7, 11) is 0. The van der Waals surface area contributed by atoms with Gasteiger partial charge in [0.05, 0.1) is 12.1 Å². The molecular formula is C15H13ClN2O2. The van der Waals surface area contributed by atoms with Gasteiger partial charge in [0.25, 0.3) is 0 Å². The van der Waals surface area contributed by atoms with Crippen molar-refractivity contribution in [3.05, 3.63) is 64.1 Å². The van der Waals surface area contributed by atoms with Crippen molar-refractivity contribution in [2.24, 2.45) is 0 Å². The summed E-state index contributed by atoms with van der Waals surface area (Å²) < 4.78 is 6.98. The van der Waals surface area contributed by atoms with Crippen molar-refractivity contribution < 1.29 is 4.74 Å². The number of aromatic nitrogens is 1. The lowest BCUT2D eigenvalue weighted by Gasteiger charge is -2.13. The Hall–Kier alpha value is -2.25. The summed E-state index contributed by atoms with van der Waals surface area (Å²) in [5.41, 5.74) is 1.54. The Labute approximate surface area is 121 Å². The second kappa shape index (κ2) is 6.78. The molecule has 0 fully saturated rings. The minimum absolute atomic E-state index is 0.152. The first-order chi connectivity index (χ1) is 9.74. The minimum Gasteiger partial charge on any atom is -0.473 e. The lowest BCUT2D eigenvalue weighted by atomic mass is 10.2. The fraction of sp³-hybridized carbons (Fsp3) is 0.200. The first kappa shape index (κ1) is 14.2. The van der Waals surface area contributed by atoms with Crippen LogP contribution in [-0.2, 0) is 12.4 Å². The number of rotatable bonds is 5. The normalized spacial score (nSPS) is 10.0. The molecule has 0 atom stereocenters. The van der Waals surface area contributed by atoms with Gasteiger partial charge < -0.3 is 9.30 Å². The summed E-state index contributed by atoms with van der Waals surface area (Å²) in [6.07, 6.45) is 1.60. The molecule has 0 bridgehead atoms. The molecule has 20 heavy (non-hydrogen) atoms. The van der Waals surface area contributed by atoms with Crippen molar-refractivity contribution in [3.8, 4) is 11.8 Å². The van der Waals surface area contributed by atoms with Crippen molar-refractivity contribution in [2.45, 2.75) is 12.4 Å². The van der Waals surface area contributed by atoms with E-state index in [1.807, 2.05) is 41.0 Å². The average molecular weight is 289 g/mol. The van der Waals surface area contributed by atoms with Gasteiger partial charge in [0.15, 0.2) is 12.4 Å². The number of hydrogen-bond acceptors (Lipinski definition) is 3. The summed E-state index contributed by atoms with van der Waals surface area (Å²) in [6, 6.07) is 13.1.